The molecule has 1 aromatic heterocycles. The molecule has 3 rings (SSSR count). The third kappa shape index (κ3) is 3.91. The quantitative estimate of drug-likeness (QED) is 0.894. The number of amides is 1. The number of nitrogens with zero attached hydrogens (tertiary/aromatic N) is 2. The molecule has 0 saturated heterocycles. The molecule has 1 amide bonds. The highest BCUT2D eigenvalue weighted by Crippen LogP contribution is 2.27. The molecular weight excluding hydrogens is 324 g/mol. The van der Waals surface area contributed by atoms with Gasteiger partial charge in [0.15, 0.2) is 6.61 Å². The molecule has 0 aliphatic carbocycles. The molecule has 0 spiro atoms. The first kappa shape index (κ1) is 16.4. The number of carbonyl (C=O) groups is 1. The van der Waals surface area contributed by atoms with Crippen LogP contribution in [0.5, 0.6) is 0 Å². The van der Waals surface area contributed by atoms with Crippen LogP contribution in [-0.4, -0.2) is 23.4 Å². The van der Waals surface area contributed by atoms with Gasteiger partial charge in [-0.1, -0.05) is 20.8 Å². The first-order chi connectivity index (χ1) is 11.4. The van der Waals surface area contributed by atoms with Crippen LogP contribution in [-0.2, 0) is 21.5 Å². The van der Waals surface area contributed by atoms with Crippen molar-refractivity contribution in [3.05, 3.63) is 45.9 Å². The normalized spacial score (nSPS) is 14.6. The lowest BCUT2D eigenvalue weighted by atomic mass is 9.98. The molecule has 2 aromatic rings. The zero-order valence-corrected chi connectivity index (χ0v) is 14.7. The summed E-state index contributed by atoms with van der Waals surface area (Å²) in [5.74, 6) is 0.189. The maximum atomic E-state index is 11.0. The molecule has 0 bridgehead atoms. The highest BCUT2D eigenvalue weighted by atomic mass is 32.1. The van der Waals surface area contributed by atoms with Gasteiger partial charge >= 0.3 is 0 Å². The van der Waals surface area contributed by atoms with Crippen molar-refractivity contribution in [3.63, 3.8) is 0 Å². The van der Waals surface area contributed by atoms with Gasteiger partial charge in [-0.25, -0.2) is 10.4 Å². The van der Waals surface area contributed by atoms with Crippen LogP contribution >= 0.6 is 11.3 Å². The molecule has 2 N–H and O–H groups in total. The monoisotopic (exact) mass is 344 g/mol. The predicted molar refractivity (Wildman–Crippen MR) is 95.2 cm³/mol. The molecule has 0 fully saturated rings. The van der Waals surface area contributed by atoms with Gasteiger partial charge in [0.25, 0.3) is 5.91 Å². The molecule has 1 aliphatic heterocycles. The first-order valence-electron chi connectivity index (χ1n) is 7.70. The number of anilines is 1. The largest absolute Gasteiger partial charge is 0.466 e. The maximum absolute atomic E-state index is 11.0. The Bertz CT molecular complexity index is 760. The van der Waals surface area contributed by atoms with E-state index in [0.717, 1.165) is 22.8 Å². The van der Waals surface area contributed by atoms with E-state index >= 15 is 0 Å². The SMILES string of the molecule is CC(C)(C)c1ncc(CNc2ccc(C3=NNC(=O)CO3)cc2)s1. The van der Waals surface area contributed by atoms with Crippen LogP contribution in [0.15, 0.2) is 35.6 Å². The van der Waals surface area contributed by atoms with Crippen molar-refractivity contribution >= 4 is 28.8 Å². The molecule has 0 saturated carbocycles. The summed E-state index contributed by atoms with van der Waals surface area (Å²) in [6, 6.07) is 7.74. The van der Waals surface area contributed by atoms with Crippen LogP contribution in [0, 0.1) is 0 Å². The van der Waals surface area contributed by atoms with Gasteiger partial charge in [-0.3, -0.25) is 4.79 Å². The smallest absolute Gasteiger partial charge is 0.278 e. The van der Waals surface area contributed by atoms with Crippen molar-refractivity contribution < 1.29 is 9.53 Å². The Morgan fingerprint density at radius 3 is 2.62 bits per heavy atom. The third-order valence-corrected chi connectivity index (χ3v) is 4.84. The number of ether oxygens (including phenoxy) is 1. The van der Waals surface area contributed by atoms with E-state index in [-0.39, 0.29) is 17.9 Å². The lowest BCUT2D eigenvalue weighted by molar-refractivity contribution is -0.124. The fourth-order valence-corrected chi connectivity index (χ4v) is 3.02. The molecular formula is C17H20N4O2S. The Labute approximate surface area is 145 Å². The second-order valence-electron chi connectivity index (χ2n) is 6.55. The third-order valence-electron chi connectivity index (χ3n) is 3.42. The Hall–Kier alpha value is -2.41. The van der Waals surface area contributed by atoms with Gasteiger partial charge < -0.3 is 10.1 Å². The van der Waals surface area contributed by atoms with E-state index in [4.69, 9.17) is 4.74 Å². The summed E-state index contributed by atoms with van der Waals surface area (Å²) in [6.07, 6.45) is 1.93. The summed E-state index contributed by atoms with van der Waals surface area (Å²) < 4.78 is 5.29. The second-order valence-corrected chi connectivity index (χ2v) is 7.67. The van der Waals surface area contributed by atoms with Crippen molar-refractivity contribution in [2.45, 2.75) is 32.7 Å². The zero-order valence-electron chi connectivity index (χ0n) is 13.9. The molecule has 0 unspecified atom stereocenters. The number of hydrazone groups is 1. The van der Waals surface area contributed by atoms with Gasteiger partial charge in [0.2, 0.25) is 5.90 Å². The average molecular weight is 344 g/mol. The molecule has 7 heteroatoms. The number of nitrogens with one attached hydrogen (secondary N) is 2. The Morgan fingerprint density at radius 1 is 1.29 bits per heavy atom. The Balaban J connectivity index is 1.60. The van der Waals surface area contributed by atoms with E-state index in [1.165, 1.54) is 4.88 Å². The highest BCUT2D eigenvalue weighted by molar-refractivity contribution is 7.11. The number of thiazole rings is 1. The van der Waals surface area contributed by atoms with Gasteiger partial charge in [-0.15, -0.1) is 16.4 Å². The molecule has 24 heavy (non-hydrogen) atoms. The average Bonchev–Trinajstić information content (AvgIpc) is 3.04. The van der Waals surface area contributed by atoms with E-state index in [0.29, 0.717) is 5.90 Å². The summed E-state index contributed by atoms with van der Waals surface area (Å²) in [5.41, 5.74) is 4.32. The summed E-state index contributed by atoms with van der Waals surface area (Å²) in [4.78, 5) is 16.7. The predicted octanol–water partition coefficient (Wildman–Crippen LogP) is 2.86. The molecule has 0 radical (unpaired) electrons. The minimum Gasteiger partial charge on any atom is -0.466 e. The fourth-order valence-electron chi connectivity index (χ4n) is 2.12. The van der Waals surface area contributed by atoms with E-state index in [9.17, 15) is 4.79 Å². The molecule has 1 aromatic carbocycles. The van der Waals surface area contributed by atoms with Crippen LogP contribution < -0.4 is 10.7 Å². The van der Waals surface area contributed by atoms with Gasteiger partial charge in [0.1, 0.15) is 0 Å². The van der Waals surface area contributed by atoms with Gasteiger partial charge in [0.05, 0.1) is 11.6 Å². The van der Waals surface area contributed by atoms with Crippen molar-refractivity contribution in [2.75, 3.05) is 11.9 Å². The second kappa shape index (κ2) is 6.60. The first-order valence-corrected chi connectivity index (χ1v) is 8.52. The molecule has 0 atom stereocenters. The molecule has 1 aliphatic rings. The van der Waals surface area contributed by atoms with Gasteiger partial charge in [0, 0.05) is 27.7 Å². The van der Waals surface area contributed by atoms with Crippen LogP contribution in [0.1, 0.15) is 36.2 Å². The lowest BCUT2D eigenvalue weighted by Crippen LogP contribution is -2.32. The number of hydrogen-bond donors (Lipinski definition) is 2. The summed E-state index contributed by atoms with van der Waals surface area (Å²) >= 11 is 1.73. The van der Waals surface area contributed by atoms with Gasteiger partial charge in [-0.05, 0) is 24.3 Å². The van der Waals surface area contributed by atoms with Crippen molar-refractivity contribution in [2.24, 2.45) is 5.10 Å². The minimum absolute atomic E-state index is 0.000320. The Morgan fingerprint density at radius 2 is 2.04 bits per heavy atom. The fraction of sp³-hybridized carbons (Fsp3) is 0.353. The molecule has 126 valence electrons. The van der Waals surface area contributed by atoms with E-state index < -0.39 is 0 Å². The topological polar surface area (TPSA) is 75.6 Å². The number of hydrogen-bond acceptors (Lipinski definition) is 6. The van der Waals surface area contributed by atoms with Gasteiger partial charge in [-0.2, -0.15) is 0 Å². The summed E-state index contributed by atoms with van der Waals surface area (Å²) in [6.45, 7) is 7.24. The van der Waals surface area contributed by atoms with Crippen molar-refractivity contribution in [3.8, 4) is 0 Å². The standard InChI is InChI=1S/C17H20N4O2S/c1-17(2,3)16-19-9-13(24-16)8-18-12-6-4-11(5-7-12)15-21-20-14(22)10-23-15/h4-7,9,18H,8,10H2,1-3H3,(H,20,22). The van der Waals surface area contributed by atoms with Crippen LogP contribution in [0.25, 0.3) is 0 Å². The van der Waals surface area contributed by atoms with Crippen LogP contribution in [0.2, 0.25) is 0 Å². The van der Waals surface area contributed by atoms with Crippen molar-refractivity contribution in [1.29, 1.82) is 0 Å². The zero-order chi connectivity index (χ0) is 17.2. The minimum atomic E-state index is -0.240. The van der Waals surface area contributed by atoms with E-state index in [1.54, 1.807) is 11.3 Å². The number of rotatable bonds is 4. The molecule has 2 heterocycles. The highest BCUT2D eigenvalue weighted by Gasteiger charge is 2.18. The van der Waals surface area contributed by atoms with E-state index in [1.807, 2.05) is 30.5 Å². The Kier molecular flexibility index (Phi) is 4.53. The lowest BCUT2D eigenvalue weighted by Gasteiger charge is -2.14. The summed E-state index contributed by atoms with van der Waals surface area (Å²) in [7, 11) is 0. The number of carbonyl (C=O) groups excluding carboxylic acids is 1. The van der Waals surface area contributed by atoms with E-state index in [2.05, 4.69) is 41.6 Å². The molecule has 6 nitrogen and oxygen atoms in total. The summed E-state index contributed by atoms with van der Waals surface area (Å²) in [5, 5.41) is 8.42. The van der Waals surface area contributed by atoms with Crippen molar-refractivity contribution in [1.82, 2.24) is 10.4 Å². The van der Waals surface area contributed by atoms with Crippen LogP contribution in [0.3, 0.4) is 0 Å². The maximum Gasteiger partial charge on any atom is 0.278 e. The number of aromatic nitrogens is 1. The number of benzene rings is 1. The van der Waals surface area contributed by atoms with Crippen LogP contribution in [0.4, 0.5) is 5.69 Å².